The van der Waals surface area contributed by atoms with Gasteiger partial charge < -0.3 is 4.74 Å². The highest BCUT2D eigenvalue weighted by molar-refractivity contribution is 6.31. The second-order valence-corrected chi connectivity index (χ2v) is 3.42. The normalized spacial score (nSPS) is 12.3. The molecule has 0 aliphatic carbocycles. The van der Waals surface area contributed by atoms with Crippen LogP contribution in [-0.2, 0) is 9.53 Å². The predicted octanol–water partition coefficient (Wildman–Crippen LogP) is 2.93. The van der Waals surface area contributed by atoms with Gasteiger partial charge in [0.15, 0.2) is 5.38 Å². The van der Waals surface area contributed by atoms with Gasteiger partial charge in [0.2, 0.25) is 0 Å². The van der Waals surface area contributed by atoms with Gasteiger partial charge in [0.05, 0.1) is 7.11 Å². The van der Waals surface area contributed by atoms with E-state index in [9.17, 15) is 9.18 Å². The average molecular weight is 237 g/mol. The van der Waals surface area contributed by atoms with Gasteiger partial charge >= 0.3 is 5.97 Å². The highest BCUT2D eigenvalue weighted by Gasteiger charge is 2.21. The summed E-state index contributed by atoms with van der Waals surface area (Å²) < 4.78 is 17.6. The van der Waals surface area contributed by atoms with E-state index >= 15 is 0 Å². The Bertz CT molecular complexity index is 355. The number of carbonyl (C=O) groups excluding carboxylic acids is 1. The van der Waals surface area contributed by atoms with E-state index in [1.165, 1.54) is 19.2 Å². The lowest BCUT2D eigenvalue weighted by molar-refractivity contribution is -0.140. The minimum Gasteiger partial charge on any atom is -0.468 e. The number of ether oxygens (including phenoxy) is 1. The number of hydrogen-bond acceptors (Lipinski definition) is 2. The van der Waals surface area contributed by atoms with Gasteiger partial charge in [-0.3, -0.25) is 4.79 Å². The van der Waals surface area contributed by atoms with E-state index in [4.69, 9.17) is 23.2 Å². The highest BCUT2D eigenvalue weighted by Crippen LogP contribution is 2.26. The van der Waals surface area contributed by atoms with Crippen LogP contribution >= 0.6 is 23.2 Å². The molecule has 0 radical (unpaired) electrons. The monoisotopic (exact) mass is 236 g/mol. The molecule has 0 N–H and O–H groups in total. The summed E-state index contributed by atoms with van der Waals surface area (Å²) in [4.78, 5) is 11.0. The van der Waals surface area contributed by atoms with Crippen molar-refractivity contribution in [2.45, 2.75) is 5.38 Å². The first-order chi connectivity index (χ1) is 6.56. The Morgan fingerprint density at radius 3 is 2.71 bits per heavy atom. The zero-order valence-electron chi connectivity index (χ0n) is 7.26. The van der Waals surface area contributed by atoms with E-state index in [1.54, 1.807) is 0 Å². The molecule has 1 atom stereocenters. The Morgan fingerprint density at radius 2 is 2.21 bits per heavy atom. The third-order valence-corrected chi connectivity index (χ3v) is 2.29. The molecule has 0 saturated heterocycles. The zero-order chi connectivity index (χ0) is 10.7. The summed E-state index contributed by atoms with van der Waals surface area (Å²) in [5.41, 5.74) is 0.0583. The van der Waals surface area contributed by atoms with E-state index in [0.29, 0.717) is 0 Å². The number of hydrogen-bond donors (Lipinski definition) is 0. The maximum Gasteiger partial charge on any atom is 0.328 e. The summed E-state index contributed by atoms with van der Waals surface area (Å²) in [5, 5.41) is -0.891. The molecular weight excluding hydrogens is 230 g/mol. The molecular formula is C9H7Cl2FO2. The molecule has 0 aromatic heterocycles. The molecule has 5 heteroatoms. The van der Waals surface area contributed by atoms with Crippen LogP contribution in [0, 0.1) is 5.82 Å². The summed E-state index contributed by atoms with van der Waals surface area (Å²) in [5.74, 6) is -1.32. The zero-order valence-corrected chi connectivity index (χ0v) is 8.77. The van der Waals surface area contributed by atoms with Crippen molar-refractivity contribution in [3.63, 3.8) is 0 Å². The van der Waals surface area contributed by atoms with Crippen LogP contribution in [0.5, 0.6) is 0 Å². The van der Waals surface area contributed by atoms with Crippen LogP contribution in [0.2, 0.25) is 5.02 Å². The van der Waals surface area contributed by atoms with Gasteiger partial charge in [-0.05, 0) is 12.1 Å². The summed E-state index contributed by atoms with van der Waals surface area (Å²) >= 11 is 11.2. The second-order valence-electron chi connectivity index (χ2n) is 2.55. The Morgan fingerprint density at radius 1 is 1.57 bits per heavy atom. The lowest BCUT2D eigenvalue weighted by Crippen LogP contribution is -2.10. The standard InChI is InChI=1S/C9H7Cl2FO2/c1-14-9(13)8(11)6-3-2-5(10)4-7(6)12/h2-4,8H,1H3. The van der Waals surface area contributed by atoms with Crippen LogP contribution in [-0.4, -0.2) is 13.1 Å². The SMILES string of the molecule is COC(=O)C(Cl)c1ccc(Cl)cc1F. The number of halogens is 3. The van der Waals surface area contributed by atoms with Crippen LogP contribution in [0.1, 0.15) is 10.9 Å². The van der Waals surface area contributed by atoms with E-state index < -0.39 is 17.2 Å². The van der Waals surface area contributed by atoms with Crippen molar-refractivity contribution < 1.29 is 13.9 Å². The summed E-state index contributed by atoms with van der Waals surface area (Å²) in [7, 11) is 1.19. The smallest absolute Gasteiger partial charge is 0.328 e. The molecule has 2 nitrogen and oxygen atoms in total. The molecule has 0 aliphatic rings. The number of esters is 1. The Balaban J connectivity index is 3.01. The van der Waals surface area contributed by atoms with Crippen molar-refractivity contribution in [2.24, 2.45) is 0 Å². The van der Waals surface area contributed by atoms with Gasteiger partial charge in [0, 0.05) is 10.6 Å². The maximum atomic E-state index is 13.2. The maximum absolute atomic E-state index is 13.2. The van der Waals surface area contributed by atoms with E-state index in [0.717, 1.165) is 6.07 Å². The molecule has 0 heterocycles. The third kappa shape index (κ3) is 2.36. The Hall–Kier alpha value is -0.800. The van der Waals surface area contributed by atoms with Gasteiger partial charge in [-0.1, -0.05) is 17.7 Å². The molecule has 0 spiro atoms. The largest absolute Gasteiger partial charge is 0.468 e. The molecule has 0 bridgehead atoms. The lowest BCUT2D eigenvalue weighted by Gasteiger charge is -2.08. The molecule has 1 aromatic rings. The quantitative estimate of drug-likeness (QED) is 0.583. The number of alkyl halides is 1. The summed E-state index contributed by atoms with van der Waals surface area (Å²) in [6, 6.07) is 3.90. The topological polar surface area (TPSA) is 26.3 Å². The first kappa shape index (κ1) is 11.3. The molecule has 1 aromatic carbocycles. The first-order valence-electron chi connectivity index (χ1n) is 3.73. The Labute approximate surface area is 90.6 Å². The minimum absolute atomic E-state index is 0.0583. The van der Waals surface area contributed by atoms with Crippen molar-refractivity contribution in [1.29, 1.82) is 0 Å². The molecule has 0 aliphatic heterocycles. The molecule has 14 heavy (non-hydrogen) atoms. The minimum atomic E-state index is -1.14. The Kier molecular flexibility index (Phi) is 3.72. The lowest BCUT2D eigenvalue weighted by atomic mass is 10.1. The highest BCUT2D eigenvalue weighted by atomic mass is 35.5. The summed E-state index contributed by atoms with van der Waals surface area (Å²) in [6.45, 7) is 0. The van der Waals surface area contributed by atoms with Crippen molar-refractivity contribution >= 4 is 29.2 Å². The molecule has 0 saturated carbocycles. The fraction of sp³-hybridized carbons (Fsp3) is 0.222. The van der Waals surface area contributed by atoms with Gasteiger partial charge in [0.25, 0.3) is 0 Å². The van der Waals surface area contributed by atoms with Gasteiger partial charge in [-0.25, -0.2) is 4.39 Å². The number of methoxy groups -OCH3 is 1. The van der Waals surface area contributed by atoms with Crippen molar-refractivity contribution in [2.75, 3.05) is 7.11 Å². The van der Waals surface area contributed by atoms with Crippen LogP contribution in [0.4, 0.5) is 4.39 Å². The van der Waals surface area contributed by atoms with Gasteiger partial charge in [-0.15, -0.1) is 11.6 Å². The number of carbonyl (C=O) groups is 1. The van der Waals surface area contributed by atoms with E-state index in [1.807, 2.05) is 0 Å². The first-order valence-corrected chi connectivity index (χ1v) is 4.54. The van der Waals surface area contributed by atoms with Crippen LogP contribution in [0.25, 0.3) is 0 Å². The van der Waals surface area contributed by atoms with Crippen LogP contribution < -0.4 is 0 Å². The molecule has 1 rings (SSSR count). The fourth-order valence-electron chi connectivity index (χ4n) is 0.937. The van der Waals surface area contributed by atoms with Crippen LogP contribution in [0.15, 0.2) is 18.2 Å². The summed E-state index contributed by atoms with van der Waals surface area (Å²) in [6.07, 6.45) is 0. The van der Waals surface area contributed by atoms with Gasteiger partial charge in [-0.2, -0.15) is 0 Å². The van der Waals surface area contributed by atoms with Crippen molar-refractivity contribution in [1.82, 2.24) is 0 Å². The van der Waals surface area contributed by atoms with E-state index in [-0.39, 0.29) is 10.6 Å². The van der Waals surface area contributed by atoms with Crippen molar-refractivity contribution in [3.05, 3.63) is 34.6 Å². The van der Waals surface area contributed by atoms with E-state index in [2.05, 4.69) is 4.74 Å². The van der Waals surface area contributed by atoms with Crippen molar-refractivity contribution in [3.8, 4) is 0 Å². The fourth-order valence-corrected chi connectivity index (χ4v) is 1.36. The molecule has 0 amide bonds. The molecule has 0 fully saturated rings. The predicted molar refractivity (Wildman–Crippen MR) is 52.0 cm³/mol. The average Bonchev–Trinajstić information content (AvgIpc) is 2.15. The number of benzene rings is 1. The molecule has 1 unspecified atom stereocenters. The third-order valence-electron chi connectivity index (χ3n) is 1.64. The van der Waals surface area contributed by atoms with Gasteiger partial charge in [0.1, 0.15) is 5.82 Å². The second kappa shape index (κ2) is 4.62. The molecule has 76 valence electrons. The number of rotatable bonds is 2. The van der Waals surface area contributed by atoms with Crippen LogP contribution in [0.3, 0.4) is 0 Å².